The quantitative estimate of drug-likeness (QED) is 0.720. The zero-order valence-electron chi connectivity index (χ0n) is 17.5. The lowest BCUT2D eigenvalue weighted by Gasteiger charge is -2.48. The van der Waals surface area contributed by atoms with Crippen LogP contribution in [0.3, 0.4) is 0 Å². The van der Waals surface area contributed by atoms with Crippen molar-refractivity contribution < 1.29 is 19.5 Å². The summed E-state index contributed by atoms with van der Waals surface area (Å²) in [4.78, 5) is 40.7. The van der Waals surface area contributed by atoms with E-state index in [1.54, 1.807) is 16.8 Å². The molecule has 0 saturated heterocycles. The second kappa shape index (κ2) is 8.15. The van der Waals surface area contributed by atoms with Gasteiger partial charge in [0.15, 0.2) is 0 Å². The normalized spacial score (nSPS) is 23.9. The number of carbonyl (C=O) groups excluding carboxylic acids is 2. The average molecular weight is 421 g/mol. The first-order chi connectivity index (χ1) is 14.9. The summed E-state index contributed by atoms with van der Waals surface area (Å²) in [7, 11) is 1.74. The Bertz CT molecular complexity index is 995. The minimum Gasteiger partial charge on any atom is -0.480 e. The number of carboxylic acid groups (broad SMARTS) is 1. The summed E-state index contributed by atoms with van der Waals surface area (Å²) in [6.07, 6.45) is 2.70. The van der Waals surface area contributed by atoms with Crippen LogP contribution in [0.1, 0.15) is 37.2 Å². The Morgan fingerprint density at radius 3 is 2.52 bits per heavy atom. The number of amides is 2. The van der Waals surface area contributed by atoms with Crippen LogP contribution in [0.4, 0.5) is 16.2 Å². The fraction of sp³-hybridized carbons (Fsp3) is 0.375. The maximum atomic E-state index is 13.7. The summed E-state index contributed by atoms with van der Waals surface area (Å²) in [5, 5.41) is 10.0. The van der Waals surface area contributed by atoms with Crippen LogP contribution in [-0.2, 0) is 9.59 Å². The number of urea groups is 1. The lowest BCUT2D eigenvalue weighted by atomic mass is 9.66. The predicted octanol–water partition coefficient (Wildman–Crippen LogP) is 3.39. The van der Waals surface area contributed by atoms with E-state index in [9.17, 15) is 19.5 Å². The molecule has 3 N–H and O–H groups in total. The van der Waals surface area contributed by atoms with Gasteiger partial charge in [0.2, 0.25) is 0 Å². The van der Waals surface area contributed by atoms with Crippen molar-refractivity contribution >= 4 is 29.7 Å². The zero-order chi connectivity index (χ0) is 22.2. The lowest BCUT2D eigenvalue weighted by molar-refractivity contribution is -0.146. The molecule has 1 heterocycles. The first kappa shape index (κ1) is 21.1. The van der Waals surface area contributed by atoms with Gasteiger partial charge in [0.05, 0.1) is 0 Å². The highest BCUT2D eigenvalue weighted by Crippen LogP contribution is 2.53. The summed E-state index contributed by atoms with van der Waals surface area (Å²) < 4.78 is 0. The molecule has 4 rings (SSSR count). The Balaban J connectivity index is 1.83. The zero-order valence-corrected chi connectivity index (χ0v) is 17.5. The molecule has 1 aliphatic heterocycles. The molecule has 4 atom stereocenters. The number of fused-ring (bicyclic) bond motifs is 2. The van der Waals surface area contributed by atoms with Crippen molar-refractivity contribution in [3.05, 3.63) is 60.2 Å². The van der Waals surface area contributed by atoms with E-state index >= 15 is 0 Å². The van der Waals surface area contributed by atoms with Gasteiger partial charge in [-0.2, -0.15) is 0 Å². The van der Waals surface area contributed by atoms with Gasteiger partial charge in [-0.05, 0) is 42.5 Å². The van der Waals surface area contributed by atoms with Gasteiger partial charge in [0.25, 0.3) is 0 Å². The molecule has 1 fully saturated rings. The van der Waals surface area contributed by atoms with Gasteiger partial charge < -0.3 is 15.6 Å². The van der Waals surface area contributed by atoms with Crippen molar-refractivity contribution in [2.24, 2.45) is 11.7 Å². The molecule has 2 amide bonds. The van der Waals surface area contributed by atoms with Crippen LogP contribution in [0.15, 0.2) is 54.6 Å². The molecular formula is C24H27N3O4. The van der Waals surface area contributed by atoms with E-state index in [1.165, 1.54) is 0 Å². The SMILES string of the molecule is CN(C(=O)N1c2ccccc2C(C(N)(CC=O)C(=O)O)C2CCCC21)c1ccccc1. The molecule has 0 aromatic heterocycles. The number of aldehydes is 1. The molecular weight excluding hydrogens is 394 g/mol. The second-order valence-electron chi connectivity index (χ2n) is 8.46. The fourth-order valence-corrected chi connectivity index (χ4v) is 5.37. The minimum absolute atomic E-state index is 0.135. The lowest BCUT2D eigenvalue weighted by Crippen LogP contribution is -2.61. The molecule has 2 aliphatic rings. The molecule has 1 aliphatic carbocycles. The number of carboxylic acids is 1. The number of para-hydroxylation sites is 2. The third-order valence-electron chi connectivity index (χ3n) is 6.83. The number of nitrogens with zero attached hydrogens (tertiary/aromatic N) is 2. The van der Waals surface area contributed by atoms with Crippen molar-refractivity contribution in [1.29, 1.82) is 0 Å². The Morgan fingerprint density at radius 1 is 1.16 bits per heavy atom. The number of benzene rings is 2. The van der Waals surface area contributed by atoms with Gasteiger partial charge in [0, 0.05) is 36.8 Å². The summed E-state index contributed by atoms with van der Waals surface area (Å²) in [5.41, 5.74) is 6.87. The molecule has 2 aromatic carbocycles. The number of hydrogen-bond donors (Lipinski definition) is 2. The topological polar surface area (TPSA) is 104 Å². The summed E-state index contributed by atoms with van der Waals surface area (Å²) in [6.45, 7) is 0. The molecule has 2 aromatic rings. The van der Waals surface area contributed by atoms with Gasteiger partial charge in [-0.3, -0.25) is 14.6 Å². The van der Waals surface area contributed by atoms with Crippen LogP contribution >= 0.6 is 0 Å². The van der Waals surface area contributed by atoms with E-state index in [4.69, 9.17) is 5.73 Å². The van der Waals surface area contributed by atoms with Crippen LogP contribution in [0.25, 0.3) is 0 Å². The van der Waals surface area contributed by atoms with E-state index in [2.05, 4.69) is 0 Å². The molecule has 31 heavy (non-hydrogen) atoms. The van der Waals surface area contributed by atoms with Crippen molar-refractivity contribution in [1.82, 2.24) is 0 Å². The van der Waals surface area contributed by atoms with Gasteiger partial charge in [-0.1, -0.05) is 42.8 Å². The number of anilines is 2. The van der Waals surface area contributed by atoms with Crippen LogP contribution in [0.2, 0.25) is 0 Å². The highest BCUT2D eigenvalue weighted by atomic mass is 16.4. The van der Waals surface area contributed by atoms with E-state index < -0.39 is 17.4 Å². The van der Waals surface area contributed by atoms with Crippen LogP contribution in [0, 0.1) is 5.92 Å². The second-order valence-corrected chi connectivity index (χ2v) is 8.46. The summed E-state index contributed by atoms with van der Waals surface area (Å²) >= 11 is 0. The van der Waals surface area contributed by atoms with Gasteiger partial charge in [-0.15, -0.1) is 0 Å². The van der Waals surface area contributed by atoms with Gasteiger partial charge in [-0.25, -0.2) is 4.79 Å². The number of aliphatic carboxylic acids is 1. The van der Waals surface area contributed by atoms with E-state index in [1.807, 2.05) is 54.6 Å². The van der Waals surface area contributed by atoms with Crippen molar-refractivity contribution in [3.8, 4) is 0 Å². The third-order valence-corrected chi connectivity index (χ3v) is 6.83. The van der Waals surface area contributed by atoms with E-state index in [0.717, 1.165) is 24.9 Å². The molecule has 0 spiro atoms. The van der Waals surface area contributed by atoms with Gasteiger partial charge in [0.1, 0.15) is 11.8 Å². The number of hydrogen-bond acceptors (Lipinski definition) is 4. The molecule has 7 nitrogen and oxygen atoms in total. The Kier molecular flexibility index (Phi) is 5.54. The Hall–Kier alpha value is -3.19. The first-order valence-corrected chi connectivity index (χ1v) is 10.6. The molecule has 0 bridgehead atoms. The highest BCUT2D eigenvalue weighted by Gasteiger charge is 2.55. The van der Waals surface area contributed by atoms with Gasteiger partial charge >= 0.3 is 12.0 Å². The average Bonchev–Trinajstić information content (AvgIpc) is 3.25. The minimum atomic E-state index is -1.72. The Labute approximate surface area is 181 Å². The highest BCUT2D eigenvalue weighted by molar-refractivity contribution is 6.05. The molecule has 4 unspecified atom stereocenters. The number of nitrogens with two attached hydrogens (primary N) is 1. The number of rotatable bonds is 5. The summed E-state index contributed by atoms with van der Waals surface area (Å²) in [6, 6.07) is 16.4. The van der Waals surface area contributed by atoms with Crippen molar-refractivity contribution in [2.45, 2.75) is 43.2 Å². The smallest absolute Gasteiger partial charge is 0.328 e. The van der Waals surface area contributed by atoms with Crippen LogP contribution < -0.4 is 15.5 Å². The van der Waals surface area contributed by atoms with Crippen LogP contribution in [0.5, 0.6) is 0 Å². The van der Waals surface area contributed by atoms with Crippen molar-refractivity contribution in [3.63, 3.8) is 0 Å². The Morgan fingerprint density at radius 2 is 1.84 bits per heavy atom. The molecule has 162 valence electrons. The third kappa shape index (κ3) is 3.39. The van der Waals surface area contributed by atoms with Crippen molar-refractivity contribution in [2.75, 3.05) is 16.8 Å². The predicted molar refractivity (Wildman–Crippen MR) is 118 cm³/mol. The van der Waals surface area contributed by atoms with E-state index in [0.29, 0.717) is 17.5 Å². The standard InChI is InChI=1S/C24H27N3O4/c1-26(16-8-3-2-4-9-16)23(31)27-19-12-6-5-10-17(19)21(18-11-7-13-20(18)27)24(25,14-15-28)22(29)30/h2-6,8-10,12,15,18,20-21H,7,11,13-14,25H2,1H3,(H,29,30). The largest absolute Gasteiger partial charge is 0.480 e. The summed E-state index contributed by atoms with van der Waals surface area (Å²) in [5.74, 6) is -1.87. The first-order valence-electron chi connectivity index (χ1n) is 10.6. The monoisotopic (exact) mass is 421 g/mol. The van der Waals surface area contributed by atoms with Crippen LogP contribution in [-0.4, -0.2) is 42.0 Å². The molecule has 1 saturated carbocycles. The molecule has 0 radical (unpaired) electrons. The number of carbonyl (C=O) groups is 3. The maximum absolute atomic E-state index is 13.7. The van der Waals surface area contributed by atoms with E-state index in [-0.39, 0.29) is 24.4 Å². The maximum Gasteiger partial charge on any atom is 0.328 e. The molecule has 7 heteroatoms. The fourth-order valence-electron chi connectivity index (χ4n) is 5.37.